The topological polar surface area (TPSA) is 35.5 Å². The molecule has 0 heterocycles. The zero-order valence-corrected chi connectivity index (χ0v) is 14.5. The fourth-order valence-electron chi connectivity index (χ4n) is 2.63. The molecule has 2 aromatic carbocycles. The van der Waals surface area contributed by atoms with Gasteiger partial charge in [0.05, 0.1) is 19.6 Å². The second kappa shape index (κ2) is 9.76. The lowest BCUT2D eigenvalue weighted by Gasteiger charge is -2.18. The van der Waals surface area contributed by atoms with E-state index in [2.05, 4.69) is 19.1 Å². The lowest BCUT2D eigenvalue weighted by molar-refractivity contribution is -0.143. The van der Waals surface area contributed by atoms with E-state index in [1.54, 1.807) is 0 Å². The summed E-state index contributed by atoms with van der Waals surface area (Å²) in [6, 6.07) is 18.1. The van der Waals surface area contributed by atoms with E-state index in [1.807, 2.05) is 49.4 Å². The van der Waals surface area contributed by atoms with Gasteiger partial charge in [-0.15, -0.1) is 0 Å². The highest BCUT2D eigenvalue weighted by Crippen LogP contribution is 2.29. The number of benzene rings is 2. The fraction of sp³-hybridized carbons (Fsp3) is 0.381. The normalized spacial score (nSPS) is 11.8. The van der Waals surface area contributed by atoms with Crippen LogP contribution in [0.2, 0.25) is 0 Å². The molecule has 0 aliphatic heterocycles. The second-order valence-corrected chi connectivity index (χ2v) is 5.74. The smallest absolute Gasteiger partial charge is 0.306 e. The van der Waals surface area contributed by atoms with Crippen LogP contribution in [0.15, 0.2) is 54.6 Å². The number of rotatable bonds is 9. The maximum absolute atomic E-state index is 12.0. The van der Waals surface area contributed by atoms with Crippen LogP contribution in [-0.4, -0.2) is 19.2 Å². The Kier molecular flexibility index (Phi) is 7.34. The minimum Gasteiger partial charge on any atom is -0.494 e. The van der Waals surface area contributed by atoms with E-state index in [0.717, 1.165) is 36.3 Å². The quantitative estimate of drug-likeness (QED) is 0.483. The average molecular weight is 326 g/mol. The Bertz CT molecular complexity index is 605. The van der Waals surface area contributed by atoms with E-state index in [-0.39, 0.29) is 11.9 Å². The van der Waals surface area contributed by atoms with E-state index in [1.165, 1.54) is 0 Å². The number of carbonyl (C=O) groups excluding carboxylic acids is 1. The zero-order valence-electron chi connectivity index (χ0n) is 14.5. The van der Waals surface area contributed by atoms with Gasteiger partial charge in [0.25, 0.3) is 0 Å². The van der Waals surface area contributed by atoms with Gasteiger partial charge in [0.1, 0.15) is 5.75 Å². The Morgan fingerprint density at radius 3 is 2.25 bits per heavy atom. The third-order valence-electron chi connectivity index (χ3n) is 3.93. The van der Waals surface area contributed by atoms with Crippen LogP contribution >= 0.6 is 0 Å². The second-order valence-electron chi connectivity index (χ2n) is 5.74. The highest BCUT2D eigenvalue weighted by Gasteiger charge is 2.19. The van der Waals surface area contributed by atoms with E-state index in [0.29, 0.717) is 13.0 Å². The summed E-state index contributed by atoms with van der Waals surface area (Å²) in [7, 11) is 0. The van der Waals surface area contributed by atoms with Crippen molar-refractivity contribution in [3.63, 3.8) is 0 Å². The standard InChI is InChI=1S/C21H26O3/c1-3-5-15-24-19-13-11-18(12-14-19)20(16-21(22)23-4-2)17-9-7-6-8-10-17/h6-14,20H,3-5,15-16H2,1-2H3. The first-order valence-electron chi connectivity index (χ1n) is 8.68. The highest BCUT2D eigenvalue weighted by molar-refractivity contribution is 5.71. The molecule has 2 rings (SSSR count). The maximum Gasteiger partial charge on any atom is 0.306 e. The summed E-state index contributed by atoms with van der Waals surface area (Å²) in [5, 5.41) is 0. The molecule has 128 valence electrons. The van der Waals surface area contributed by atoms with Gasteiger partial charge in [0, 0.05) is 5.92 Å². The SMILES string of the molecule is CCCCOc1ccc(C(CC(=O)OCC)c2ccccc2)cc1. The molecule has 3 heteroatoms. The largest absolute Gasteiger partial charge is 0.494 e. The third-order valence-corrected chi connectivity index (χ3v) is 3.93. The number of hydrogen-bond donors (Lipinski definition) is 0. The first-order chi connectivity index (χ1) is 11.7. The van der Waals surface area contributed by atoms with Gasteiger partial charge >= 0.3 is 5.97 Å². The van der Waals surface area contributed by atoms with Crippen molar-refractivity contribution in [2.45, 2.75) is 39.0 Å². The predicted molar refractivity (Wildman–Crippen MR) is 96.4 cm³/mol. The minimum absolute atomic E-state index is 0.00468. The average Bonchev–Trinajstić information content (AvgIpc) is 2.62. The molecule has 0 N–H and O–H groups in total. The molecule has 2 aromatic rings. The third kappa shape index (κ3) is 5.41. The van der Waals surface area contributed by atoms with Gasteiger partial charge in [0.15, 0.2) is 0 Å². The van der Waals surface area contributed by atoms with E-state index in [9.17, 15) is 4.79 Å². The highest BCUT2D eigenvalue weighted by atomic mass is 16.5. The van der Waals surface area contributed by atoms with Gasteiger partial charge in [-0.25, -0.2) is 0 Å². The Morgan fingerprint density at radius 2 is 1.62 bits per heavy atom. The van der Waals surface area contributed by atoms with Gasteiger partial charge in [-0.1, -0.05) is 55.8 Å². The molecule has 0 spiro atoms. The Labute approximate surface area is 144 Å². The monoisotopic (exact) mass is 326 g/mol. The summed E-state index contributed by atoms with van der Waals surface area (Å²) in [6.45, 7) is 5.12. The molecule has 0 radical (unpaired) electrons. The van der Waals surface area contributed by atoms with Crippen molar-refractivity contribution >= 4 is 5.97 Å². The van der Waals surface area contributed by atoms with Crippen LogP contribution in [0.1, 0.15) is 50.2 Å². The molecule has 0 bridgehead atoms. The summed E-state index contributed by atoms with van der Waals surface area (Å²) in [5.74, 6) is 0.694. The molecular formula is C21H26O3. The van der Waals surface area contributed by atoms with E-state index >= 15 is 0 Å². The number of hydrogen-bond acceptors (Lipinski definition) is 3. The van der Waals surface area contributed by atoms with E-state index < -0.39 is 0 Å². The molecule has 0 aromatic heterocycles. The Balaban J connectivity index is 2.15. The van der Waals surface area contributed by atoms with Crippen LogP contribution in [0.3, 0.4) is 0 Å². The van der Waals surface area contributed by atoms with Gasteiger partial charge in [-0.2, -0.15) is 0 Å². The maximum atomic E-state index is 12.0. The molecule has 3 nitrogen and oxygen atoms in total. The van der Waals surface area contributed by atoms with Gasteiger partial charge < -0.3 is 9.47 Å². The summed E-state index contributed by atoms with van der Waals surface area (Å²) in [6.07, 6.45) is 2.51. The van der Waals surface area contributed by atoms with Crippen molar-refractivity contribution in [2.75, 3.05) is 13.2 Å². The molecule has 0 fully saturated rings. The lowest BCUT2D eigenvalue weighted by atomic mass is 9.88. The summed E-state index contributed by atoms with van der Waals surface area (Å²) < 4.78 is 10.9. The molecule has 0 aliphatic carbocycles. The zero-order chi connectivity index (χ0) is 17.2. The molecular weight excluding hydrogens is 300 g/mol. The molecule has 0 saturated carbocycles. The Hall–Kier alpha value is -2.29. The molecule has 0 aliphatic rings. The number of carbonyl (C=O) groups is 1. The predicted octanol–water partition coefficient (Wildman–Crippen LogP) is 4.95. The lowest BCUT2D eigenvalue weighted by Crippen LogP contribution is -2.11. The summed E-state index contributed by atoms with van der Waals surface area (Å²) in [4.78, 5) is 12.0. The fourth-order valence-corrected chi connectivity index (χ4v) is 2.63. The van der Waals surface area contributed by atoms with E-state index in [4.69, 9.17) is 9.47 Å². The van der Waals surface area contributed by atoms with Crippen molar-refractivity contribution in [3.05, 3.63) is 65.7 Å². The first kappa shape index (κ1) is 18.1. The number of ether oxygens (including phenoxy) is 2. The molecule has 1 unspecified atom stereocenters. The number of unbranched alkanes of at least 4 members (excludes halogenated alkanes) is 1. The van der Waals surface area contributed by atoms with Crippen LogP contribution < -0.4 is 4.74 Å². The van der Waals surface area contributed by atoms with Crippen molar-refractivity contribution in [1.82, 2.24) is 0 Å². The van der Waals surface area contributed by atoms with Gasteiger partial charge in [0.2, 0.25) is 0 Å². The van der Waals surface area contributed by atoms with Crippen molar-refractivity contribution < 1.29 is 14.3 Å². The van der Waals surface area contributed by atoms with Crippen LogP contribution in [0.4, 0.5) is 0 Å². The van der Waals surface area contributed by atoms with Crippen molar-refractivity contribution in [3.8, 4) is 5.75 Å². The van der Waals surface area contributed by atoms with Crippen molar-refractivity contribution in [2.24, 2.45) is 0 Å². The summed E-state index contributed by atoms with van der Waals surface area (Å²) in [5.41, 5.74) is 2.21. The van der Waals surface area contributed by atoms with Gasteiger partial charge in [-0.3, -0.25) is 4.79 Å². The van der Waals surface area contributed by atoms with Crippen LogP contribution in [0.25, 0.3) is 0 Å². The molecule has 1 atom stereocenters. The van der Waals surface area contributed by atoms with Crippen molar-refractivity contribution in [1.29, 1.82) is 0 Å². The Morgan fingerprint density at radius 1 is 0.958 bits per heavy atom. The van der Waals surface area contributed by atoms with Crippen LogP contribution in [0.5, 0.6) is 5.75 Å². The molecule has 24 heavy (non-hydrogen) atoms. The minimum atomic E-state index is -0.172. The first-order valence-corrected chi connectivity index (χ1v) is 8.68. The summed E-state index contributed by atoms with van der Waals surface area (Å²) >= 11 is 0. The van der Waals surface area contributed by atoms with Crippen LogP contribution in [0, 0.1) is 0 Å². The number of esters is 1. The molecule has 0 saturated heterocycles. The van der Waals surface area contributed by atoms with Gasteiger partial charge in [-0.05, 0) is 36.6 Å². The molecule has 0 amide bonds. The van der Waals surface area contributed by atoms with Crippen LogP contribution in [-0.2, 0) is 9.53 Å².